The molecule has 0 saturated heterocycles. The van der Waals surface area contributed by atoms with E-state index in [0.29, 0.717) is 12.1 Å². The first-order valence-electron chi connectivity index (χ1n) is 4.97. The quantitative estimate of drug-likeness (QED) is 0.653. The smallest absolute Gasteiger partial charge is 0.116 e. The summed E-state index contributed by atoms with van der Waals surface area (Å²) in [7, 11) is 0. The average Bonchev–Trinajstić information content (AvgIpc) is 2.27. The van der Waals surface area contributed by atoms with E-state index in [-0.39, 0.29) is 5.75 Å². The van der Waals surface area contributed by atoms with Crippen LogP contribution in [0.2, 0.25) is 0 Å². The summed E-state index contributed by atoms with van der Waals surface area (Å²) in [6.45, 7) is 0. The largest absolute Gasteiger partial charge is 0.508 e. The Morgan fingerprint density at radius 3 is 2.56 bits per heavy atom. The summed E-state index contributed by atoms with van der Waals surface area (Å²) in [5.41, 5.74) is 8.65. The summed E-state index contributed by atoms with van der Waals surface area (Å²) in [4.78, 5) is 0. The van der Waals surface area contributed by atoms with E-state index in [1.807, 2.05) is 24.3 Å². The Balaban J connectivity index is 2.34. The number of halogens is 1. The van der Waals surface area contributed by atoms with Gasteiger partial charge in [-0.15, -0.1) is 0 Å². The first-order chi connectivity index (χ1) is 7.66. The molecular formula is C13H12BrNO. The average molecular weight is 278 g/mol. The van der Waals surface area contributed by atoms with E-state index in [0.717, 1.165) is 15.6 Å². The van der Waals surface area contributed by atoms with Gasteiger partial charge in [-0.1, -0.05) is 34.1 Å². The number of benzene rings is 2. The Kier molecular flexibility index (Phi) is 3.15. The minimum absolute atomic E-state index is 0.247. The highest BCUT2D eigenvalue weighted by Gasteiger charge is 2.04. The van der Waals surface area contributed by atoms with Crippen molar-refractivity contribution in [3.05, 3.63) is 58.1 Å². The molecule has 0 aliphatic heterocycles. The zero-order valence-electron chi connectivity index (χ0n) is 8.65. The fraction of sp³-hybridized carbons (Fsp3) is 0.0769. The van der Waals surface area contributed by atoms with Crippen molar-refractivity contribution in [3.63, 3.8) is 0 Å². The summed E-state index contributed by atoms with van der Waals surface area (Å²) in [5, 5.41) is 9.42. The predicted octanol–water partition coefficient (Wildman–Crippen LogP) is 3.33. The summed E-state index contributed by atoms with van der Waals surface area (Å²) in [6, 6.07) is 13.0. The molecule has 2 rings (SSSR count). The minimum Gasteiger partial charge on any atom is -0.508 e. The highest BCUT2D eigenvalue weighted by molar-refractivity contribution is 9.10. The summed E-state index contributed by atoms with van der Waals surface area (Å²) < 4.78 is 1.05. The standard InChI is InChI=1S/C13H12BrNO/c14-12-4-2-1-3-9(12)7-10-8-11(16)5-6-13(10)15/h1-6,8,16H,7,15H2. The minimum atomic E-state index is 0.247. The van der Waals surface area contributed by atoms with Gasteiger partial charge in [-0.05, 0) is 35.4 Å². The highest BCUT2D eigenvalue weighted by atomic mass is 79.9. The molecule has 82 valence electrons. The number of phenolic OH excluding ortho intramolecular Hbond substituents is 1. The van der Waals surface area contributed by atoms with Crippen LogP contribution in [0.25, 0.3) is 0 Å². The van der Waals surface area contributed by atoms with Gasteiger partial charge in [0.2, 0.25) is 0 Å². The van der Waals surface area contributed by atoms with E-state index < -0.39 is 0 Å². The van der Waals surface area contributed by atoms with E-state index >= 15 is 0 Å². The fourth-order valence-corrected chi connectivity index (χ4v) is 2.02. The number of hydrogen-bond donors (Lipinski definition) is 2. The third-order valence-electron chi connectivity index (χ3n) is 2.47. The molecule has 0 bridgehead atoms. The Bertz CT molecular complexity index is 511. The lowest BCUT2D eigenvalue weighted by Gasteiger charge is -2.08. The number of phenols is 1. The molecule has 0 fully saturated rings. The summed E-state index contributed by atoms with van der Waals surface area (Å²) >= 11 is 3.49. The molecule has 0 aromatic heterocycles. The van der Waals surface area contributed by atoms with Crippen molar-refractivity contribution in [2.75, 3.05) is 5.73 Å². The molecule has 0 saturated carbocycles. The number of rotatable bonds is 2. The molecular weight excluding hydrogens is 266 g/mol. The SMILES string of the molecule is Nc1ccc(O)cc1Cc1ccccc1Br. The van der Waals surface area contributed by atoms with E-state index in [2.05, 4.69) is 15.9 Å². The Morgan fingerprint density at radius 2 is 1.81 bits per heavy atom. The van der Waals surface area contributed by atoms with Crippen molar-refractivity contribution >= 4 is 21.6 Å². The third kappa shape index (κ3) is 2.36. The van der Waals surface area contributed by atoms with Gasteiger partial charge in [0.05, 0.1) is 0 Å². The lowest BCUT2D eigenvalue weighted by Crippen LogP contribution is -1.96. The van der Waals surface area contributed by atoms with Crippen LogP contribution < -0.4 is 5.73 Å². The van der Waals surface area contributed by atoms with Crippen LogP contribution in [0.1, 0.15) is 11.1 Å². The topological polar surface area (TPSA) is 46.2 Å². The van der Waals surface area contributed by atoms with Crippen molar-refractivity contribution in [1.29, 1.82) is 0 Å². The first-order valence-corrected chi connectivity index (χ1v) is 5.77. The van der Waals surface area contributed by atoms with Gasteiger partial charge in [-0.2, -0.15) is 0 Å². The van der Waals surface area contributed by atoms with Gasteiger partial charge in [0.1, 0.15) is 5.75 Å². The Hall–Kier alpha value is -1.48. The summed E-state index contributed by atoms with van der Waals surface area (Å²) in [6.07, 6.45) is 0.710. The second-order valence-electron chi connectivity index (χ2n) is 3.65. The van der Waals surface area contributed by atoms with Crippen molar-refractivity contribution in [3.8, 4) is 5.75 Å². The molecule has 16 heavy (non-hydrogen) atoms. The Morgan fingerprint density at radius 1 is 1.06 bits per heavy atom. The molecule has 0 aliphatic rings. The van der Waals surface area contributed by atoms with E-state index in [9.17, 15) is 5.11 Å². The van der Waals surface area contributed by atoms with Crippen molar-refractivity contribution in [2.24, 2.45) is 0 Å². The molecule has 0 aliphatic carbocycles. The normalized spacial score (nSPS) is 10.3. The van der Waals surface area contributed by atoms with Crippen LogP contribution in [-0.2, 0) is 6.42 Å². The van der Waals surface area contributed by atoms with Crippen LogP contribution in [0.15, 0.2) is 46.9 Å². The lowest BCUT2D eigenvalue weighted by molar-refractivity contribution is 0.475. The second kappa shape index (κ2) is 4.58. The van der Waals surface area contributed by atoms with Gasteiger partial charge >= 0.3 is 0 Å². The van der Waals surface area contributed by atoms with Crippen molar-refractivity contribution in [1.82, 2.24) is 0 Å². The van der Waals surface area contributed by atoms with E-state index in [1.165, 1.54) is 0 Å². The van der Waals surface area contributed by atoms with Crippen LogP contribution in [0, 0.1) is 0 Å². The van der Waals surface area contributed by atoms with Gasteiger partial charge < -0.3 is 10.8 Å². The van der Waals surface area contributed by atoms with Gasteiger partial charge in [0.15, 0.2) is 0 Å². The number of nitrogens with two attached hydrogens (primary N) is 1. The van der Waals surface area contributed by atoms with Crippen LogP contribution >= 0.6 is 15.9 Å². The van der Waals surface area contributed by atoms with Gasteiger partial charge in [0.25, 0.3) is 0 Å². The molecule has 0 amide bonds. The summed E-state index contributed by atoms with van der Waals surface area (Å²) in [5.74, 6) is 0.247. The van der Waals surface area contributed by atoms with Crippen molar-refractivity contribution < 1.29 is 5.11 Å². The molecule has 2 aromatic rings. The van der Waals surface area contributed by atoms with Crippen LogP contribution in [0.3, 0.4) is 0 Å². The number of hydrogen-bond acceptors (Lipinski definition) is 2. The third-order valence-corrected chi connectivity index (χ3v) is 3.24. The number of anilines is 1. The van der Waals surface area contributed by atoms with Gasteiger partial charge in [-0.25, -0.2) is 0 Å². The maximum absolute atomic E-state index is 9.42. The molecule has 0 atom stereocenters. The maximum Gasteiger partial charge on any atom is 0.116 e. The van der Waals surface area contributed by atoms with Gasteiger partial charge in [0, 0.05) is 16.6 Å². The van der Waals surface area contributed by atoms with Crippen LogP contribution in [-0.4, -0.2) is 5.11 Å². The monoisotopic (exact) mass is 277 g/mol. The molecule has 3 N–H and O–H groups in total. The number of nitrogen functional groups attached to an aromatic ring is 1. The number of aromatic hydroxyl groups is 1. The zero-order valence-corrected chi connectivity index (χ0v) is 10.2. The predicted molar refractivity (Wildman–Crippen MR) is 69.5 cm³/mol. The second-order valence-corrected chi connectivity index (χ2v) is 4.51. The zero-order chi connectivity index (χ0) is 11.5. The molecule has 0 heterocycles. The van der Waals surface area contributed by atoms with Crippen LogP contribution in [0.4, 0.5) is 5.69 Å². The molecule has 0 spiro atoms. The molecule has 0 unspecified atom stereocenters. The van der Waals surface area contributed by atoms with E-state index in [1.54, 1.807) is 18.2 Å². The first kappa shape index (κ1) is 11.0. The van der Waals surface area contributed by atoms with Crippen molar-refractivity contribution in [2.45, 2.75) is 6.42 Å². The fourth-order valence-electron chi connectivity index (χ4n) is 1.59. The highest BCUT2D eigenvalue weighted by Crippen LogP contribution is 2.25. The molecule has 2 aromatic carbocycles. The lowest BCUT2D eigenvalue weighted by atomic mass is 10.0. The van der Waals surface area contributed by atoms with E-state index in [4.69, 9.17) is 5.73 Å². The molecule has 3 heteroatoms. The Labute approximate surface area is 103 Å². The maximum atomic E-state index is 9.42. The molecule has 0 radical (unpaired) electrons. The molecule has 2 nitrogen and oxygen atoms in total. The van der Waals surface area contributed by atoms with Crippen LogP contribution in [0.5, 0.6) is 5.75 Å². The van der Waals surface area contributed by atoms with Gasteiger partial charge in [-0.3, -0.25) is 0 Å².